The average Bonchev–Trinajstić information content (AvgIpc) is 3.19. The number of hydrogen-bond acceptors (Lipinski definition) is 4. The van der Waals surface area contributed by atoms with Gasteiger partial charge in [-0.05, 0) is 43.2 Å². The van der Waals surface area contributed by atoms with Crippen molar-refractivity contribution in [1.82, 2.24) is 5.32 Å². The van der Waals surface area contributed by atoms with E-state index in [2.05, 4.69) is 10.0 Å². The van der Waals surface area contributed by atoms with Gasteiger partial charge in [-0.15, -0.1) is 0 Å². The van der Waals surface area contributed by atoms with Gasteiger partial charge in [0.2, 0.25) is 0 Å². The molecule has 0 atom stereocenters. The third kappa shape index (κ3) is 5.74. The molecule has 2 N–H and O–H groups in total. The predicted octanol–water partition coefficient (Wildman–Crippen LogP) is 3.89. The standard InChI is InChI=1S/C20H24N2O3S2/c23-20(21-13-14-26-18-9-4-5-10-18)16-7-6-8-17(15-16)22-27(24,25)19-11-2-1-3-12-19/h1-3,6-8,11-12,15,18,22H,4-5,9-10,13-14H2,(H,21,23). The smallest absolute Gasteiger partial charge is 0.261 e. The number of benzene rings is 2. The van der Waals surface area contributed by atoms with E-state index in [1.807, 2.05) is 11.8 Å². The van der Waals surface area contributed by atoms with Gasteiger partial charge in [0, 0.05) is 28.8 Å². The number of anilines is 1. The summed E-state index contributed by atoms with van der Waals surface area (Å²) in [5, 5.41) is 3.64. The Bertz CT molecular complexity index is 864. The molecule has 0 aromatic heterocycles. The van der Waals surface area contributed by atoms with Crippen LogP contribution >= 0.6 is 11.8 Å². The van der Waals surface area contributed by atoms with Crippen molar-refractivity contribution in [2.75, 3.05) is 17.0 Å². The fourth-order valence-electron chi connectivity index (χ4n) is 3.08. The zero-order valence-electron chi connectivity index (χ0n) is 15.1. The van der Waals surface area contributed by atoms with Gasteiger partial charge in [-0.2, -0.15) is 11.8 Å². The Balaban J connectivity index is 1.55. The van der Waals surface area contributed by atoms with Gasteiger partial charge in [0.25, 0.3) is 15.9 Å². The summed E-state index contributed by atoms with van der Waals surface area (Å²) in [5.74, 6) is 0.708. The van der Waals surface area contributed by atoms with Crippen molar-refractivity contribution in [2.24, 2.45) is 0 Å². The van der Waals surface area contributed by atoms with Crippen LogP contribution in [0.4, 0.5) is 5.69 Å². The second kappa shape index (κ2) is 9.28. The molecule has 0 radical (unpaired) electrons. The second-order valence-electron chi connectivity index (χ2n) is 6.53. The monoisotopic (exact) mass is 404 g/mol. The molecule has 3 rings (SSSR count). The Morgan fingerprint density at radius 1 is 1.04 bits per heavy atom. The zero-order chi connectivity index (χ0) is 19.1. The third-order valence-electron chi connectivity index (χ3n) is 4.47. The molecule has 1 fully saturated rings. The van der Waals surface area contributed by atoms with Crippen molar-refractivity contribution in [3.05, 3.63) is 60.2 Å². The van der Waals surface area contributed by atoms with E-state index in [4.69, 9.17) is 0 Å². The first-order valence-corrected chi connectivity index (χ1v) is 11.7. The van der Waals surface area contributed by atoms with Crippen LogP contribution in [0.1, 0.15) is 36.0 Å². The fraction of sp³-hybridized carbons (Fsp3) is 0.350. The van der Waals surface area contributed by atoms with E-state index < -0.39 is 10.0 Å². The molecule has 144 valence electrons. The molecule has 1 aliphatic carbocycles. The van der Waals surface area contributed by atoms with Crippen LogP contribution in [0.25, 0.3) is 0 Å². The van der Waals surface area contributed by atoms with E-state index in [0.717, 1.165) is 11.0 Å². The maximum Gasteiger partial charge on any atom is 0.261 e. The summed E-state index contributed by atoms with van der Waals surface area (Å²) in [6.45, 7) is 0.611. The highest BCUT2D eigenvalue weighted by Gasteiger charge is 2.16. The van der Waals surface area contributed by atoms with Gasteiger partial charge in [-0.25, -0.2) is 8.42 Å². The maximum absolute atomic E-state index is 12.4. The summed E-state index contributed by atoms with van der Waals surface area (Å²) in [7, 11) is -3.67. The molecular formula is C20H24N2O3S2. The number of thioether (sulfide) groups is 1. The highest BCUT2D eigenvalue weighted by molar-refractivity contribution is 7.99. The number of amides is 1. The molecule has 1 aliphatic rings. The van der Waals surface area contributed by atoms with Gasteiger partial charge in [0.05, 0.1) is 4.90 Å². The first kappa shape index (κ1) is 19.8. The second-order valence-corrected chi connectivity index (χ2v) is 9.62. The van der Waals surface area contributed by atoms with Gasteiger partial charge in [-0.3, -0.25) is 9.52 Å². The van der Waals surface area contributed by atoms with E-state index in [9.17, 15) is 13.2 Å². The van der Waals surface area contributed by atoms with Gasteiger partial charge >= 0.3 is 0 Å². The molecule has 0 saturated heterocycles. The van der Waals surface area contributed by atoms with Gasteiger partial charge in [-0.1, -0.05) is 37.1 Å². The van der Waals surface area contributed by atoms with E-state index in [1.165, 1.54) is 37.8 Å². The van der Waals surface area contributed by atoms with Crippen LogP contribution in [0.15, 0.2) is 59.5 Å². The van der Waals surface area contributed by atoms with E-state index >= 15 is 0 Å². The molecule has 2 aromatic carbocycles. The molecule has 0 heterocycles. The Hall–Kier alpha value is -1.99. The molecule has 7 heteroatoms. The summed E-state index contributed by atoms with van der Waals surface area (Å²) in [4.78, 5) is 12.5. The minimum Gasteiger partial charge on any atom is -0.351 e. The quantitative estimate of drug-likeness (QED) is 0.655. The number of nitrogens with one attached hydrogen (secondary N) is 2. The fourth-order valence-corrected chi connectivity index (χ4v) is 5.38. The lowest BCUT2D eigenvalue weighted by atomic mass is 10.2. The molecule has 0 aliphatic heterocycles. The van der Waals surface area contributed by atoms with E-state index in [0.29, 0.717) is 17.8 Å². The van der Waals surface area contributed by atoms with Gasteiger partial charge in [0.1, 0.15) is 0 Å². The van der Waals surface area contributed by atoms with E-state index in [-0.39, 0.29) is 10.8 Å². The van der Waals surface area contributed by atoms with Crippen molar-refractivity contribution < 1.29 is 13.2 Å². The normalized spacial score (nSPS) is 14.8. The SMILES string of the molecule is O=C(NCCSC1CCCC1)c1cccc(NS(=O)(=O)c2ccccc2)c1. The van der Waals surface area contributed by atoms with Crippen molar-refractivity contribution in [2.45, 2.75) is 35.8 Å². The number of hydrogen-bond donors (Lipinski definition) is 2. The van der Waals surface area contributed by atoms with Gasteiger partial charge in [0.15, 0.2) is 0 Å². The Labute approximate surface area is 165 Å². The third-order valence-corrected chi connectivity index (χ3v) is 7.25. The van der Waals surface area contributed by atoms with Gasteiger partial charge < -0.3 is 5.32 Å². The summed E-state index contributed by atoms with van der Waals surface area (Å²) >= 11 is 1.92. The lowest BCUT2D eigenvalue weighted by Gasteiger charge is -2.11. The summed E-state index contributed by atoms with van der Waals surface area (Å²) in [6, 6.07) is 14.7. The van der Waals surface area contributed by atoms with Crippen molar-refractivity contribution >= 4 is 33.4 Å². The highest BCUT2D eigenvalue weighted by Crippen LogP contribution is 2.28. The lowest BCUT2D eigenvalue weighted by Crippen LogP contribution is -2.26. The number of rotatable bonds is 8. The van der Waals surface area contributed by atoms with Crippen molar-refractivity contribution in [1.29, 1.82) is 0 Å². The maximum atomic E-state index is 12.4. The van der Waals surface area contributed by atoms with Crippen LogP contribution in [0.3, 0.4) is 0 Å². The molecule has 2 aromatic rings. The molecule has 0 spiro atoms. The summed E-state index contributed by atoms with van der Waals surface area (Å²) in [6.07, 6.45) is 5.19. The van der Waals surface area contributed by atoms with Crippen LogP contribution < -0.4 is 10.0 Å². The molecule has 5 nitrogen and oxygen atoms in total. The molecule has 1 amide bonds. The van der Waals surface area contributed by atoms with Crippen LogP contribution in [0.2, 0.25) is 0 Å². The van der Waals surface area contributed by atoms with Crippen LogP contribution in [-0.2, 0) is 10.0 Å². The highest BCUT2D eigenvalue weighted by atomic mass is 32.2. The minimum atomic E-state index is -3.67. The lowest BCUT2D eigenvalue weighted by molar-refractivity contribution is 0.0956. The summed E-state index contributed by atoms with van der Waals surface area (Å²) in [5.41, 5.74) is 0.806. The van der Waals surface area contributed by atoms with Crippen molar-refractivity contribution in [3.63, 3.8) is 0 Å². The van der Waals surface area contributed by atoms with Crippen LogP contribution in [0, 0.1) is 0 Å². The van der Waals surface area contributed by atoms with Crippen molar-refractivity contribution in [3.8, 4) is 0 Å². The average molecular weight is 405 g/mol. The number of carbonyl (C=O) groups excluding carboxylic acids is 1. The largest absolute Gasteiger partial charge is 0.351 e. The van der Waals surface area contributed by atoms with E-state index in [1.54, 1.807) is 42.5 Å². The van der Waals surface area contributed by atoms with Crippen LogP contribution in [-0.4, -0.2) is 31.9 Å². The predicted molar refractivity (Wildman–Crippen MR) is 111 cm³/mol. The topological polar surface area (TPSA) is 75.3 Å². The Kier molecular flexibility index (Phi) is 6.79. The molecular weight excluding hydrogens is 380 g/mol. The Morgan fingerprint density at radius 3 is 2.52 bits per heavy atom. The Morgan fingerprint density at radius 2 is 1.78 bits per heavy atom. The summed E-state index contributed by atoms with van der Waals surface area (Å²) < 4.78 is 27.3. The van der Waals surface area contributed by atoms with Crippen LogP contribution in [0.5, 0.6) is 0 Å². The number of carbonyl (C=O) groups is 1. The zero-order valence-corrected chi connectivity index (χ0v) is 16.7. The minimum absolute atomic E-state index is 0.184. The number of sulfonamides is 1. The first-order chi connectivity index (χ1) is 13.0. The molecule has 27 heavy (non-hydrogen) atoms. The molecule has 1 saturated carbocycles. The molecule has 0 bridgehead atoms. The first-order valence-electron chi connectivity index (χ1n) is 9.12. The molecule has 0 unspecified atom stereocenters.